The third-order valence-corrected chi connectivity index (χ3v) is 3.97. The van der Waals surface area contributed by atoms with Crippen LogP contribution in [0.4, 0.5) is 0 Å². The number of benzene rings is 1. The standard InChI is InChI=1S/C14H14N2O3/c17-9-3-1-2-8(6-9)14-15-13(16-19-14)11-7-10-4-5-12(11)18-10/h1-3,6,10-12,17H,4-5,7H2. The number of hydrogen-bond donors (Lipinski definition) is 1. The van der Waals surface area contributed by atoms with Gasteiger partial charge in [0.15, 0.2) is 5.82 Å². The third kappa shape index (κ3) is 1.81. The van der Waals surface area contributed by atoms with Crippen LogP contribution >= 0.6 is 0 Å². The van der Waals surface area contributed by atoms with Gasteiger partial charge in [-0.15, -0.1) is 0 Å². The average molecular weight is 258 g/mol. The predicted octanol–water partition coefficient (Wildman–Crippen LogP) is 2.48. The van der Waals surface area contributed by atoms with Gasteiger partial charge in [-0.25, -0.2) is 0 Å². The van der Waals surface area contributed by atoms with E-state index < -0.39 is 0 Å². The van der Waals surface area contributed by atoms with Crippen LogP contribution < -0.4 is 0 Å². The second-order valence-electron chi connectivity index (χ2n) is 5.22. The maximum absolute atomic E-state index is 9.47. The molecule has 3 atom stereocenters. The number of fused-ring (bicyclic) bond motifs is 2. The normalized spacial score (nSPS) is 28.9. The van der Waals surface area contributed by atoms with Gasteiger partial charge in [0, 0.05) is 5.56 Å². The van der Waals surface area contributed by atoms with Crippen molar-refractivity contribution in [3.8, 4) is 17.2 Å². The Bertz CT molecular complexity index is 610. The quantitative estimate of drug-likeness (QED) is 0.896. The van der Waals surface area contributed by atoms with Gasteiger partial charge in [-0.2, -0.15) is 4.98 Å². The molecule has 4 rings (SSSR count). The van der Waals surface area contributed by atoms with Gasteiger partial charge in [-0.05, 0) is 37.5 Å². The Kier molecular flexibility index (Phi) is 2.35. The lowest BCUT2D eigenvalue weighted by molar-refractivity contribution is 0.0996. The van der Waals surface area contributed by atoms with Crippen LogP contribution in [0.25, 0.3) is 11.5 Å². The Balaban J connectivity index is 1.63. The van der Waals surface area contributed by atoms with E-state index in [1.165, 1.54) is 0 Å². The fraction of sp³-hybridized carbons (Fsp3) is 0.429. The number of hydrogen-bond acceptors (Lipinski definition) is 5. The number of aromatic nitrogens is 2. The number of nitrogens with zero attached hydrogens (tertiary/aromatic N) is 2. The van der Waals surface area contributed by atoms with Crippen molar-refractivity contribution in [1.82, 2.24) is 10.1 Å². The summed E-state index contributed by atoms with van der Waals surface area (Å²) in [5, 5.41) is 13.5. The molecule has 1 aromatic carbocycles. The molecule has 1 aromatic heterocycles. The van der Waals surface area contributed by atoms with Crippen LogP contribution in [0.15, 0.2) is 28.8 Å². The summed E-state index contributed by atoms with van der Waals surface area (Å²) in [5.74, 6) is 1.63. The fourth-order valence-corrected chi connectivity index (χ4v) is 3.05. The molecule has 0 radical (unpaired) electrons. The SMILES string of the molecule is Oc1cccc(-c2nc(C3CC4CCC3O4)no2)c1. The van der Waals surface area contributed by atoms with E-state index in [9.17, 15) is 5.11 Å². The number of aromatic hydroxyl groups is 1. The van der Waals surface area contributed by atoms with E-state index in [0.29, 0.717) is 12.0 Å². The number of phenols is 1. The van der Waals surface area contributed by atoms with Crippen molar-refractivity contribution in [2.45, 2.75) is 37.4 Å². The van der Waals surface area contributed by atoms with E-state index in [1.807, 2.05) is 6.07 Å². The van der Waals surface area contributed by atoms with Crippen LogP contribution in [0, 0.1) is 0 Å². The van der Waals surface area contributed by atoms with E-state index in [-0.39, 0.29) is 17.8 Å². The lowest BCUT2D eigenvalue weighted by Crippen LogP contribution is -2.15. The average Bonchev–Trinajstić information content (AvgIpc) is 3.14. The Hall–Kier alpha value is -1.88. The van der Waals surface area contributed by atoms with Crippen LogP contribution in [-0.2, 0) is 4.74 Å². The molecule has 5 heteroatoms. The first-order chi connectivity index (χ1) is 9.29. The minimum absolute atomic E-state index is 0.195. The molecule has 19 heavy (non-hydrogen) atoms. The summed E-state index contributed by atoms with van der Waals surface area (Å²) in [4.78, 5) is 4.45. The highest BCUT2D eigenvalue weighted by Gasteiger charge is 2.43. The topological polar surface area (TPSA) is 68.4 Å². The zero-order valence-electron chi connectivity index (χ0n) is 10.3. The van der Waals surface area contributed by atoms with Crippen LogP contribution in [0.2, 0.25) is 0 Å². The Morgan fingerprint density at radius 2 is 2.21 bits per heavy atom. The highest BCUT2D eigenvalue weighted by atomic mass is 16.5. The number of ether oxygens (including phenoxy) is 1. The van der Waals surface area contributed by atoms with Crippen molar-refractivity contribution in [1.29, 1.82) is 0 Å². The van der Waals surface area contributed by atoms with Gasteiger partial charge < -0.3 is 14.4 Å². The highest BCUT2D eigenvalue weighted by molar-refractivity contribution is 5.55. The summed E-state index contributed by atoms with van der Waals surface area (Å²) in [6.45, 7) is 0. The molecule has 1 N–H and O–H groups in total. The van der Waals surface area contributed by atoms with Gasteiger partial charge in [-0.3, -0.25) is 0 Å². The second-order valence-corrected chi connectivity index (χ2v) is 5.22. The molecule has 2 aromatic rings. The van der Waals surface area contributed by atoms with Gasteiger partial charge in [0.2, 0.25) is 0 Å². The monoisotopic (exact) mass is 258 g/mol. The molecule has 3 unspecified atom stereocenters. The maximum atomic E-state index is 9.47. The van der Waals surface area contributed by atoms with Crippen molar-refractivity contribution >= 4 is 0 Å². The zero-order chi connectivity index (χ0) is 12.8. The van der Waals surface area contributed by atoms with Crippen LogP contribution in [-0.4, -0.2) is 27.5 Å². The Morgan fingerprint density at radius 1 is 1.26 bits per heavy atom. The van der Waals surface area contributed by atoms with E-state index in [1.54, 1.807) is 18.2 Å². The highest BCUT2D eigenvalue weighted by Crippen LogP contribution is 2.43. The first-order valence-electron chi connectivity index (χ1n) is 6.58. The van der Waals surface area contributed by atoms with E-state index in [0.717, 1.165) is 30.7 Å². The lowest BCUT2D eigenvalue weighted by atomic mass is 9.89. The summed E-state index contributed by atoms with van der Waals surface area (Å²) in [6, 6.07) is 6.84. The predicted molar refractivity (Wildman–Crippen MR) is 66.7 cm³/mol. The molecule has 2 aliphatic heterocycles. The first kappa shape index (κ1) is 11.0. The van der Waals surface area contributed by atoms with Gasteiger partial charge in [0.25, 0.3) is 5.89 Å². The molecular formula is C14H14N2O3. The fourth-order valence-electron chi connectivity index (χ4n) is 3.05. The summed E-state index contributed by atoms with van der Waals surface area (Å²) in [6.07, 6.45) is 3.85. The molecule has 2 fully saturated rings. The van der Waals surface area contributed by atoms with E-state index >= 15 is 0 Å². The molecule has 5 nitrogen and oxygen atoms in total. The van der Waals surface area contributed by atoms with Crippen LogP contribution in [0.1, 0.15) is 31.0 Å². The smallest absolute Gasteiger partial charge is 0.258 e. The molecule has 98 valence electrons. The molecule has 0 spiro atoms. The lowest BCUT2D eigenvalue weighted by Gasteiger charge is -2.13. The summed E-state index contributed by atoms with van der Waals surface area (Å²) in [7, 11) is 0. The zero-order valence-corrected chi connectivity index (χ0v) is 10.3. The van der Waals surface area contributed by atoms with Gasteiger partial charge in [0.1, 0.15) is 5.75 Å². The molecule has 2 saturated heterocycles. The second kappa shape index (κ2) is 4.06. The summed E-state index contributed by atoms with van der Waals surface area (Å²) in [5.41, 5.74) is 0.739. The van der Waals surface area contributed by atoms with Crippen molar-refractivity contribution in [3.05, 3.63) is 30.1 Å². The molecule has 0 aliphatic carbocycles. The van der Waals surface area contributed by atoms with Crippen LogP contribution in [0.5, 0.6) is 5.75 Å². The van der Waals surface area contributed by atoms with Crippen molar-refractivity contribution < 1.29 is 14.4 Å². The molecule has 2 bridgehead atoms. The summed E-state index contributed by atoms with van der Waals surface area (Å²) >= 11 is 0. The van der Waals surface area contributed by atoms with Crippen LogP contribution in [0.3, 0.4) is 0 Å². The minimum Gasteiger partial charge on any atom is -0.508 e. The minimum atomic E-state index is 0.195. The molecule has 3 heterocycles. The van der Waals surface area contributed by atoms with Gasteiger partial charge in [0.05, 0.1) is 18.1 Å². The molecule has 2 aliphatic rings. The van der Waals surface area contributed by atoms with E-state index in [4.69, 9.17) is 9.26 Å². The number of phenolic OH excluding ortho intramolecular Hbond substituents is 1. The Morgan fingerprint density at radius 3 is 2.95 bits per heavy atom. The molecular weight excluding hydrogens is 244 g/mol. The molecule has 0 saturated carbocycles. The molecule has 0 amide bonds. The van der Waals surface area contributed by atoms with Gasteiger partial charge >= 0.3 is 0 Å². The Labute approximate surface area is 110 Å². The number of rotatable bonds is 2. The van der Waals surface area contributed by atoms with Crippen molar-refractivity contribution in [3.63, 3.8) is 0 Å². The third-order valence-electron chi connectivity index (χ3n) is 3.97. The largest absolute Gasteiger partial charge is 0.508 e. The summed E-state index contributed by atoms with van der Waals surface area (Å²) < 4.78 is 11.1. The van der Waals surface area contributed by atoms with Crippen molar-refractivity contribution in [2.75, 3.05) is 0 Å². The van der Waals surface area contributed by atoms with Crippen molar-refractivity contribution in [2.24, 2.45) is 0 Å². The maximum Gasteiger partial charge on any atom is 0.258 e. The van der Waals surface area contributed by atoms with E-state index in [2.05, 4.69) is 10.1 Å². The first-order valence-corrected chi connectivity index (χ1v) is 6.58. The van der Waals surface area contributed by atoms with Gasteiger partial charge in [-0.1, -0.05) is 11.2 Å².